The molecule has 0 unspecified atom stereocenters. The van der Waals surface area contributed by atoms with Crippen molar-refractivity contribution >= 4 is 50.6 Å². The number of fused-ring (bicyclic) bond motifs is 1. The van der Waals surface area contributed by atoms with Gasteiger partial charge >= 0.3 is 0 Å². The van der Waals surface area contributed by atoms with Crippen LogP contribution in [0.2, 0.25) is 0 Å². The number of aromatic nitrogens is 4. The molecular formula is C26H19BrN6O2S. The minimum atomic E-state index is -0.313. The number of hydrogen-bond acceptors (Lipinski definition) is 7. The van der Waals surface area contributed by atoms with E-state index in [1.807, 2.05) is 71.3 Å². The molecule has 2 heterocycles. The van der Waals surface area contributed by atoms with E-state index in [1.54, 1.807) is 18.5 Å². The van der Waals surface area contributed by atoms with Crippen LogP contribution in [0.5, 0.6) is 5.75 Å². The summed E-state index contributed by atoms with van der Waals surface area (Å²) < 4.78 is 2.85. The molecule has 0 saturated heterocycles. The number of benzene rings is 3. The fraction of sp³-hybridized carbons (Fsp3) is 0.0385. The number of nitrogens with one attached hydrogen (secondary N) is 1. The van der Waals surface area contributed by atoms with Crippen molar-refractivity contribution in [3.05, 3.63) is 95.2 Å². The maximum Gasteiger partial charge on any atom is 0.250 e. The van der Waals surface area contributed by atoms with E-state index in [0.717, 1.165) is 26.5 Å². The van der Waals surface area contributed by atoms with E-state index in [0.29, 0.717) is 16.5 Å². The molecule has 8 nitrogen and oxygen atoms in total. The van der Waals surface area contributed by atoms with Gasteiger partial charge in [0.05, 0.1) is 12.0 Å². The van der Waals surface area contributed by atoms with Gasteiger partial charge in [-0.1, -0.05) is 58.0 Å². The second-order valence-corrected chi connectivity index (χ2v) is 9.51. The molecule has 3 aromatic carbocycles. The standard InChI is InChI=1S/C26H19BrN6O2S/c27-19-6-8-20(9-7-19)33-25(18-11-13-28-14-12-18)31-32-26(33)36-16-24(35)30-29-15-22-21-4-2-1-3-17(21)5-10-23(22)34/h1-15,34H,16H2,(H,30,35). The topological polar surface area (TPSA) is 105 Å². The summed E-state index contributed by atoms with van der Waals surface area (Å²) in [5, 5.41) is 25.4. The molecule has 0 radical (unpaired) electrons. The highest BCUT2D eigenvalue weighted by Gasteiger charge is 2.17. The van der Waals surface area contributed by atoms with Crippen LogP contribution in [0, 0.1) is 0 Å². The Hall–Kier alpha value is -4.02. The van der Waals surface area contributed by atoms with Gasteiger partial charge in [-0.05, 0) is 53.2 Å². The number of nitrogens with zero attached hydrogens (tertiary/aromatic N) is 5. The Morgan fingerprint density at radius 2 is 1.81 bits per heavy atom. The number of phenols is 1. The smallest absolute Gasteiger partial charge is 0.250 e. The second-order valence-electron chi connectivity index (χ2n) is 7.66. The van der Waals surface area contributed by atoms with Gasteiger partial charge < -0.3 is 5.11 Å². The van der Waals surface area contributed by atoms with Gasteiger partial charge in [-0.25, -0.2) is 5.43 Å². The zero-order valence-electron chi connectivity index (χ0n) is 18.7. The van der Waals surface area contributed by atoms with Gasteiger partial charge in [0.15, 0.2) is 11.0 Å². The number of phenolic OH excluding ortho intramolecular Hbond substituents is 1. The molecule has 5 aromatic rings. The Morgan fingerprint density at radius 1 is 1.03 bits per heavy atom. The van der Waals surface area contributed by atoms with Crippen LogP contribution in [0.4, 0.5) is 0 Å². The number of rotatable bonds is 7. The summed E-state index contributed by atoms with van der Waals surface area (Å²) in [6, 6.07) is 22.6. The Kier molecular flexibility index (Phi) is 7.06. The average Bonchev–Trinajstić information content (AvgIpc) is 3.33. The zero-order chi connectivity index (χ0) is 24.9. The van der Waals surface area contributed by atoms with Gasteiger partial charge in [-0.2, -0.15) is 5.10 Å². The monoisotopic (exact) mass is 558 g/mol. The van der Waals surface area contributed by atoms with E-state index >= 15 is 0 Å². The summed E-state index contributed by atoms with van der Waals surface area (Å²) in [7, 11) is 0. The third-order valence-corrected chi connectivity index (χ3v) is 6.78. The first-order valence-electron chi connectivity index (χ1n) is 10.9. The first-order chi connectivity index (χ1) is 17.6. The van der Waals surface area contributed by atoms with Crippen LogP contribution >= 0.6 is 27.7 Å². The van der Waals surface area contributed by atoms with Crippen molar-refractivity contribution < 1.29 is 9.90 Å². The van der Waals surface area contributed by atoms with Crippen molar-refractivity contribution in [1.29, 1.82) is 0 Å². The summed E-state index contributed by atoms with van der Waals surface area (Å²) in [5.74, 6) is 0.496. The first-order valence-corrected chi connectivity index (χ1v) is 12.6. The predicted molar refractivity (Wildman–Crippen MR) is 144 cm³/mol. The lowest BCUT2D eigenvalue weighted by Gasteiger charge is -2.10. The van der Waals surface area contributed by atoms with Crippen LogP contribution in [0.3, 0.4) is 0 Å². The van der Waals surface area contributed by atoms with E-state index < -0.39 is 0 Å². The Morgan fingerprint density at radius 3 is 2.61 bits per heavy atom. The first kappa shape index (κ1) is 23.7. The lowest BCUT2D eigenvalue weighted by atomic mass is 10.0. The maximum atomic E-state index is 12.5. The third kappa shape index (κ3) is 5.14. The minimum absolute atomic E-state index is 0.0733. The van der Waals surface area contributed by atoms with Crippen molar-refractivity contribution in [2.24, 2.45) is 5.10 Å². The average molecular weight is 559 g/mol. The van der Waals surface area contributed by atoms with Crippen LogP contribution in [0.1, 0.15) is 5.56 Å². The third-order valence-electron chi connectivity index (χ3n) is 5.32. The highest BCUT2D eigenvalue weighted by Crippen LogP contribution is 2.28. The molecule has 1 amide bonds. The second kappa shape index (κ2) is 10.7. The molecule has 2 aromatic heterocycles. The molecule has 2 N–H and O–H groups in total. The fourth-order valence-electron chi connectivity index (χ4n) is 3.63. The van der Waals surface area contributed by atoms with Crippen molar-refractivity contribution in [3.8, 4) is 22.8 Å². The van der Waals surface area contributed by atoms with E-state index in [9.17, 15) is 9.90 Å². The molecule has 178 valence electrons. The summed E-state index contributed by atoms with van der Waals surface area (Å²) in [4.78, 5) is 16.6. The van der Waals surface area contributed by atoms with Crippen molar-refractivity contribution in [1.82, 2.24) is 25.2 Å². The number of carbonyl (C=O) groups excluding carboxylic acids is 1. The van der Waals surface area contributed by atoms with Crippen LogP contribution < -0.4 is 5.43 Å². The minimum Gasteiger partial charge on any atom is -0.507 e. The highest BCUT2D eigenvalue weighted by atomic mass is 79.9. The molecule has 0 aliphatic rings. The molecule has 0 spiro atoms. The number of thioether (sulfide) groups is 1. The van der Waals surface area contributed by atoms with Crippen molar-refractivity contribution in [3.63, 3.8) is 0 Å². The Labute approximate surface area is 219 Å². The summed E-state index contributed by atoms with van der Waals surface area (Å²) in [6.45, 7) is 0. The van der Waals surface area contributed by atoms with E-state index in [-0.39, 0.29) is 17.4 Å². The summed E-state index contributed by atoms with van der Waals surface area (Å²) in [5.41, 5.74) is 4.79. The molecule has 0 bridgehead atoms. The fourth-order valence-corrected chi connectivity index (χ4v) is 4.63. The molecule has 10 heteroatoms. The van der Waals surface area contributed by atoms with Gasteiger partial charge in [0.25, 0.3) is 5.91 Å². The van der Waals surface area contributed by atoms with Crippen LogP contribution in [0.15, 0.2) is 99.9 Å². The quantitative estimate of drug-likeness (QED) is 0.162. The highest BCUT2D eigenvalue weighted by molar-refractivity contribution is 9.10. The van der Waals surface area contributed by atoms with Gasteiger partial charge in [0.2, 0.25) is 0 Å². The van der Waals surface area contributed by atoms with Crippen molar-refractivity contribution in [2.75, 3.05) is 5.75 Å². The molecular weight excluding hydrogens is 540 g/mol. The largest absolute Gasteiger partial charge is 0.507 e. The van der Waals surface area contributed by atoms with Gasteiger partial charge in [-0.3, -0.25) is 14.3 Å². The number of halogens is 1. The molecule has 0 fully saturated rings. The molecule has 0 atom stereocenters. The maximum absolute atomic E-state index is 12.5. The predicted octanol–water partition coefficient (Wildman–Crippen LogP) is 5.19. The molecule has 5 rings (SSSR count). The molecule has 0 saturated carbocycles. The number of hydrazone groups is 1. The van der Waals surface area contributed by atoms with Gasteiger partial charge in [0, 0.05) is 33.7 Å². The van der Waals surface area contributed by atoms with Crippen LogP contribution in [0.25, 0.3) is 27.8 Å². The van der Waals surface area contributed by atoms with Crippen LogP contribution in [-0.4, -0.2) is 42.7 Å². The van der Waals surface area contributed by atoms with Crippen LogP contribution in [-0.2, 0) is 4.79 Å². The number of aromatic hydroxyl groups is 1. The van der Waals surface area contributed by atoms with Gasteiger partial charge in [0.1, 0.15) is 5.75 Å². The molecule has 36 heavy (non-hydrogen) atoms. The number of pyridine rings is 1. The number of amides is 1. The van der Waals surface area contributed by atoms with Gasteiger partial charge in [-0.15, -0.1) is 10.2 Å². The summed E-state index contributed by atoms with van der Waals surface area (Å²) >= 11 is 4.71. The van der Waals surface area contributed by atoms with E-state index in [1.165, 1.54) is 18.0 Å². The SMILES string of the molecule is O=C(CSc1nnc(-c2ccncc2)n1-c1ccc(Br)cc1)NN=Cc1c(O)ccc2ccccc12. The zero-order valence-corrected chi connectivity index (χ0v) is 21.1. The normalized spacial score (nSPS) is 11.2. The molecule has 0 aliphatic heterocycles. The number of carbonyl (C=O) groups is 1. The number of hydrogen-bond donors (Lipinski definition) is 2. The lowest BCUT2D eigenvalue weighted by Crippen LogP contribution is -2.20. The lowest BCUT2D eigenvalue weighted by molar-refractivity contribution is -0.118. The molecule has 0 aliphatic carbocycles. The van der Waals surface area contributed by atoms with E-state index in [2.05, 4.69) is 41.6 Å². The summed E-state index contributed by atoms with van der Waals surface area (Å²) in [6.07, 6.45) is 4.84. The Bertz CT molecular complexity index is 1550. The van der Waals surface area contributed by atoms with Crippen molar-refractivity contribution in [2.45, 2.75) is 5.16 Å². The Balaban J connectivity index is 1.33. The van der Waals surface area contributed by atoms with E-state index in [4.69, 9.17) is 0 Å².